The van der Waals surface area contributed by atoms with E-state index in [0.717, 1.165) is 25.9 Å². The van der Waals surface area contributed by atoms with Crippen molar-refractivity contribution >= 4 is 85.3 Å². The summed E-state index contributed by atoms with van der Waals surface area (Å²) in [6, 6.07) is 15.4. The Balaban J connectivity index is 1.17. The van der Waals surface area contributed by atoms with Gasteiger partial charge in [0.2, 0.25) is 5.91 Å². The number of nitrogens with one attached hydrogen (secondary N) is 4. The molecule has 1 aliphatic heterocycles. The van der Waals surface area contributed by atoms with Crippen molar-refractivity contribution in [3.8, 4) is 11.5 Å². The number of ether oxygens (including phenoxy) is 2. The zero-order valence-electron chi connectivity index (χ0n) is 29.9. The first-order chi connectivity index (χ1) is 26.7. The van der Waals surface area contributed by atoms with E-state index in [2.05, 4.69) is 46.1 Å². The average molecular weight is 789 g/mol. The van der Waals surface area contributed by atoms with Crippen LogP contribution in [0.2, 0.25) is 10.0 Å². The Hall–Kier alpha value is -5.57. The highest BCUT2D eigenvalue weighted by Crippen LogP contribution is 2.36. The summed E-state index contributed by atoms with van der Waals surface area (Å²) in [5.74, 6) is 0.528. The Morgan fingerprint density at radius 3 is 1.80 bits per heavy atom. The molecule has 1 amide bonds. The number of carbonyl (C=O) groups is 1. The average Bonchev–Trinajstić information content (AvgIpc) is 3.18. The molecule has 1 fully saturated rings. The Bertz CT molecular complexity index is 2370. The van der Waals surface area contributed by atoms with E-state index in [9.17, 15) is 13.6 Å². The lowest BCUT2D eigenvalue weighted by Gasteiger charge is -2.31. The van der Waals surface area contributed by atoms with Crippen LogP contribution in [0.3, 0.4) is 0 Å². The molecule has 1 atom stereocenters. The molecule has 55 heavy (non-hydrogen) atoms. The van der Waals surface area contributed by atoms with Gasteiger partial charge in [-0.2, -0.15) is 0 Å². The van der Waals surface area contributed by atoms with Crippen LogP contribution in [0.5, 0.6) is 11.5 Å². The number of likely N-dealkylation sites (tertiary alicyclic amines) is 1. The van der Waals surface area contributed by atoms with Crippen LogP contribution in [-0.2, 0) is 4.79 Å². The van der Waals surface area contributed by atoms with Crippen molar-refractivity contribution in [1.82, 2.24) is 24.8 Å². The lowest BCUT2D eigenvalue weighted by molar-refractivity contribution is -0.116. The number of halogens is 4. The van der Waals surface area contributed by atoms with Gasteiger partial charge in [-0.15, -0.1) is 0 Å². The van der Waals surface area contributed by atoms with Crippen molar-refractivity contribution in [2.24, 2.45) is 0 Å². The molecular weight excluding hydrogens is 751 g/mol. The Morgan fingerprint density at radius 1 is 0.745 bits per heavy atom. The van der Waals surface area contributed by atoms with Crippen LogP contribution in [0.15, 0.2) is 73.3 Å². The molecule has 0 spiro atoms. The van der Waals surface area contributed by atoms with Gasteiger partial charge >= 0.3 is 0 Å². The third kappa shape index (κ3) is 8.88. The van der Waals surface area contributed by atoms with Crippen molar-refractivity contribution < 1.29 is 23.0 Å². The molecule has 16 heteroatoms. The molecule has 2 aromatic heterocycles. The minimum atomic E-state index is -0.537. The van der Waals surface area contributed by atoms with E-state index in [4.69, 9.17) is 32.7 Å². The highest BCUT2D eigenvalue weighted by atomic mass is 35.5. The highest BCUT2D eigenvalue weighted by Gasteiger charge is 2.23. The second-order valence-corrected chi connectivity index (χ2v) is 13.9. The molecule has 6 aromatic rings. The van der Waals surface area contributed by atoms with E-state index in [1.165, 1.54) is 50.5 Å². The molecule has 0 saturated carbocycles. The van der Waals surface area contributed by atoms with Gasteiger partial charge in [-0.3, -0.25) is 4.79 Å². The number of fused-ring (bicyclic) bond motifs is 2. The predicted octanol–water partition coefficient (Wildman–Crippen LogP) is 8.96. The first-order valence-electron chi connectivity index (χ1n) is 17.6. The normalized spacial score (nSPS) is 13.7. The number of methoxy groups -OCH3 is 2. The van der Waals surface area contributed by atoms with Gasteiger partial charge in [-0.25, -0.2) is 28.7 Å². The van der Waals surface area contributed by atoms with Gasteiger partial charge in [-0.1, -0.05) is 29.6 Å². The standard InChI is InChI=1S/C39H37Cl2F2N9O3/c1-54-35-17-31-25(38(46-20-44-31)49-22-6-8-29(42)27(40)12-22)15-33(35)48-24(19-52-10-4-3-5-11-52)14-37(53)51-34-16-26-32(18-36(34)55-2)45-21-47-39(26)50-23-7-9-30(43)28(41)13-23/h6-9,12-13,15-18,20-21,24,48H,3-5,10-11,14,19H2,1-2H3,(H,51,53)(H,44,46,49)(H,45,47,50). The molecule has 7 rings (SSSR count). The third-order valence-corrected chi connectivity index (χ3v) is 9.85. The molecule has 284 valence electrons. The zero-order chi connectivity index (χ0) is 38.5. The van der Waals surface area contributed by atoms with Crippen LogP contribution in [0, 0.1) is 11.6 Å². The molecular formula is C39H37Cl2F2N9O3. The van der Waals surface area contributed by atoms with Gasteiger partial charge < -0.3 is 35.6 Å². The maximum absolute atomic E-state index is 14.0. The first kappa shape index (κ1) is 37.7. The summed E-state index contributed by atoms with van der Waals surface area (Å²) in [5.41, 5.74) is 3.31. The van der Waals surface area contributed by atoms with Crippen LogP contribution in [0.4, 0.5) is 43.2 Å². The van der Waals surface area contributed by atoms with Gasteiger partial charge in [-0.05, 0) is 74.5 Å². The molecule has 0 aliphatic carbocycles. The molecule has 4 N–H and O–H groups in total. The van der Waals surface area contributed by atoms with Crippen molar-refractivity contribution in [1.29, 1.82) is 0 Å². The molecule has 0 bridgehead atoms. The number of anilines is 6. The molecule has 12 nitrogen and oxygen atoms in total. The number of hydrogen-bond donors (Lipinski definition) is 4. The monoisotopic (exact) mass is 787 g/mol. The Labute approximate surface area is 325 Å². The number of piperidine rings is 1. The maximum Gasteiger partial charge on any atom is 0.226 e. The quantitative estimate of drug-likeness (QED) is 0.0893. The highest BCUT2D eigenvalue weighted by molar-refractivity contribution is 6.31. The summed E-state index contributed by atoms with van der Waals surface area (Å²) in [7, 11) is 3.09. The number of nitrogens with zero attached hydrogens (tertiary/aromatic N) is 5. The number of carbonyl (C=O) groups excluding carboxylic acids is 1. The van der Waals surface area contributed by atoms with E-state index >= 15 is 0 Å². The van der Waals surface area contributed by atoms with E-state index in [1.54, 1.807) is 37.4 Å². The fraction of sp³-hybridized carbons (Fsp3) is 0.256. The summed E-state index contributed by atoms with van der Waals surface area (Å²) >= 11 is 12.1. The van der Waals surface area contributed by atoms with Gasteiger partial charge in [0, 0.05) is 53.3 Å². The first-order valence-corrected chi connectivity index (χ1v) is 18.3. The second kappa shape index (κ2) is 16.8. The summed E-state index contributed by atoms with van der Waals surface area (Å²) < 4.78 is 39.2. The minimum absolute atomic E-state index is 0.0201. The number of aromatic nitrogens is 4. The number of benzene rings is 4. The minimum Gasteiger partial charge on any atom is -0.495 e. The van der Waals surface area contributed by atoms with Crippen molar-refractivity contribution in [3.63, 3.8) is 0 Å². The van der Waals surface area contributed by atoms with Crippen molar-refractivity contribution in [2.75, 3.05) is 55.1 Å². The predicted molar refractivity (Wildman–Crippen MR) is 213 cm³/mol. The number of rotatable bonds is 13. The van der Waals surface area contributed by atoms with Gasteiger partial charge in [0.25, 0.3) is 0 Å². The smallest absolute Gasteiger partial charge is 0.226 e. The van der Waals surface area contributed by atoms with Crippen LogP contribution in [0.25, 0.3) is 21.8 Å². The number of amides is 1. The van der Waals surface area contributed by atoms with E-state index < -0.39 is 11.6 Å². The van der Waals surface area contributed by atoms with Gasteiger partial charge in [0.15, 0.2) is 0 Å². The molecule has 1 saturated heterocycles. The third-order valence-electron chi connectivity index (χ3n) is 9.27. The lowest BCUT2D eigenvalue weighted by Crippen LogP contribution is -2.41. The summed E-state index contributed by atoms with van der Waals surface area (Å²) in [4.78, 5) is 34.0. The van der Waals surface area contributed by atoms with Crippen LogP contribution >= 0.6 is 23.2 Å². The van der Waals surface area contributed by atoms with Gasteiger partial charge in [0.05, 0.1) is 46.7 Å². The molecule has 0 radical (unpaired) electrons. The number of hydrogen-bond acceptors (Lipinski definition) is 11. The van der Waals surface area contributed by atoms with E-state index in [1.807, 2.05) is 6.07 Å². The lowest BCUT2D eigenvalue weighted by atomic mass is 10.1. The SMILES string of the molecule is COc1cc2ncnc(Nc3ccc(F)c(Cl)c3)c2cc1NC(=O)CC(CN1CCCCC1)Nc1cc2c(Nc3ccc(F)c(Cl)c3)ncnc2cc1OC. The van der Waals surface area contributed by atoms with Crippen molar-refractivity contribution in [3.05, 3.63) is 95.0 Å². The van der Waals surface area contributed by atoms with Crippen molar-refractivity contribution in [2.45, 2.75) is 31.7 Å². The van der Waals surface area contributed by atoms with Crippen LogP contribution in [-0.4, -0.2) is 70.6 Å². The second-order valence-electron chi connectivity index (χ2n) is 13.0. The largest absolute Gasteiger partial charge is 0.495 e. The topological polar surface area (TPSA) is 138 Å². The van der Waals surface area contributed by atoms with Gasteiger partial charge in [0.1, 0.15) is 47.4 Å². The fourth-order valence-electron chi connectivity index (χ4n) is 6.60. The summed E-state index contributed by atoms with van der Waals surface area (Å²) in [6.45, 7) is 2.44. The Morgan fingerprint density at radius 2 is 1.27 bits per heavy atom. The molecule has 1 unspecified atom stereocenters. The van der Waals surface area contributed by atoms with Crippen LogP contribution in [0.1, 0.15) is 25.7 Å². The zero-order valence-corrected chi connectivity index (χ0v) is 31.4. The Kier molecular flexibility index (Phi) is 11.6. The van der Waals surface area contributed by atoms with E-state index in [0.29, 0.717) is 74.2 Å². The molecule has 1 aliphatic rings. The maximum atomic E-state index is 14.0. The molecule has 4 aromatic carbocycles. The molecule has 3 heterocycles. The fourth-order valence-corrected chi connectivity index (χ4v) is 6.96. The summed E-state index contributed by atoms with van der Waals surface area (Å²) in [5, 5.41) is 14.2. The summed E-state index contributed by atoms with van der Waals surface area (Å²) in [6.07, 6.45) is 6.24. The van der Waals surface area contributed by atoms with Crippen LogP contribution < -0.4 is 30.7 Å². The van der Waals surface area contributed by atoms with E-state index in [-0.39, 0.29) is 28.4 Å².